The fourth-order valence-corrected chi connectivity index (χ4v) is 3.90. The Bertz CT molecular complexity index is 819. The molecule has 21 heavy (non-hydrogen) atoms. The van der Waals surface area contributed by atoms with E-state index in [1.165, 1.54) is 15.7 Å². The van der Waals surface area contributed by atoms with Gasteiger partial charge >= 0.3 is 5.82 Å². The Labute approximate surface area is 128 Å². The number of aryl methyl sites for hydroxylation is 2. The zero-order chi connectivity index (χ0) is 15.1. The third-order valence-corrected chi connectivity index (χ3v) is 5.11. The van der Waals surface area contributed by atoms with Gasteiger partial charge in [0.2, 0.25) is 5.82 Å². The number of hydrogen-bond donors (Lipinski definition) is 1. The van der Waals surface area contributed by atoms with Crippen LogP contribution in [0, 0.1) is 24.0 Å². The molecule has 0 aliphatic carbocycles. The Morgan fingerprint density at radius 2 is 2.19 bits per heavy atom. The predicted octanol–water partition coefficient (Wildman–Crippen LogP) is 3.55. The van der Waals surface area contributed by atoms with E-state index in [1.54, 1.807) is 22.9 Å². The first-order valence-corrected chi connectivity index (χ1v) is 7.97. The van der Waals surface area contributed by atoms with Gasteiger partial charge in [0, 0.05) is 10.3 Å². The topological polar surface area (TPSA) is 85.4 Å². The lowest BCUT2D eigenvalue weighted by molar-refractivity contribution is -0.389. The summed E-state index contributed by atoms with van der Waals surface area (Å²) in [6.07, 6.45) is 1.66. The summed E-state index contributed by atoms with van der Waals surface area (Å²) in [5, 5.41) is 17.2. The van der Waals surface area contributed by atoms with Gasteiger partial charge in [-0.2, -0.15) is 9.38 Å². The normalized spacial score (nSPS) is 12.7. The van der Waals surface area contributed by atoms with Crippen LogP contribution < -0.4 is 5.32 Å². The third-order valence-electron chi connectivity index (χ3n) is 3.10. The largest absolute Gasteiger partial charge is 0.372 e. The van der Waals surface area contributed by atoms with Gasteiger partial charge in [-0.05, 0) is 25.7 Å². The van der Waals surface area contributed by atoms with Crippen LogP contribution in [0.4, 0.5) is 11.6 Å². The van der Waals surface area contributed by atoms with Gasteiger partial charge < -0.3 is 15.4 Å². The Hall–Kier alpha value is -2.00. The van der Waals surface area contributed by atoms with Gasteiger partial charge in [-0.25, -0.2) is 4.98 Å². The minimum absolute atomic E-state index is 0.0306. The molecule has 0 radical (unpaired) electrons. The molecule has 1 unspecified atom stereocenters. The van der Waals surface area contributed by atoms with E-state index in [1.807, 2.05) is 20.8 Å². The Morgan fingerprint density at radius 3 is 2.81 bits per heavy atom. The molecule has 0 spiro atoms. The summed E-state index contributed by atoms with van der Waals surface area (Å²) in [5.74, 6) is 0.266. The molecule has 0 aromatic carbocycles. The van der Waals surface area contributed by atoms with Crippen molar-refractivity contribution in [3.05, 3.63) is 37.3 Å². The third kappa shape index (κ3) is 2.38. The van der Waals surface area contributed by atoms with Gasteiger partial charge in [-0.15, -0.1) is 11.3 Å². The molecule has 3 heterocycles. The van der Waals surface area contributed by atoms with Crippen LogP contribution in [-0.4, -0.2) is 19.3 Å². The monoisotopic (exact) mass is 323 g/mol. The van der Waals surface area contributed by atoms with E-state index in [0.29, 0.717) is 10.8 Å². The number of fused-ring (bicyclic) bond motifs is 1. The quantitative estimate of drug-likeness (QED) is 0.586. The van der Waals surface area contributed by atoms with Gasteiger partial charge in [0.25, 0.3) is 4.96 Å². The van der Waals surface area contributed by atoms with Crippen molar-refractivity contribution < 1.29 is 4.92 Å². The van der Waals surface area contributed by atoms with Crippen molar-refractivity contribution in [3.63, 3.8) is 0 Å². The molecule has 0 fully saturated rings. The molecule has 0 saturated heterocycles. The molecule has 3 rings (SSSR count). The Kier molecular flexibility index (Phi) is 3.38. The van der Waals surface area contributed by atoms with Crippen LogP contribution in [0.5, 0.6) is 0 Å². The standard InChI is InChI=1S/C12H13N5O2S2/c1-6-9(21-8(3)13-6)7(2)14-10-11(17(18)19)16-4-5-20-12(16)15-10/h4-5,7,14H,1-3H3. The molecule has 1 atom stereocenters. The number of thiazole rings is 2. The van der Waals surface area contributed by atoms with Crippen molar-refractivity contribution in [1.29, 1.82) is 0 Å². The molecule has 3 aromatic rings. The van der Waals surface area contributed by atoms with E-state index in [0.717, 1.165) is 15.6 Å². The Morgan fingerprint density at radius 1 is 1.43 bits per heavy atom. The lowest BCUT2D eigenvalue weighted by atomic mass is 10.2. The number of hydrogen-bond acceptors (Lipinski definition) is 7. The average Bonchev–Trinajstić information content (AvgIpc) is 3.02. The van der Waals surface area contributed by atoms with Crippen LogP contribution in [0.2, 0.25) is 0 Å². The van der Waals surface area contributed by atoms with Gasteiger partial charge in [-0.1, -0.05) is 11.3 Å². The van der Waals surface area contributed by atoms with Crippen LogP contribution in [0.1, 0.15) is 28.5 Å². The maximum absolute atomic E-state index is 11.3. The maximum Gasteiger partial charge on any atom is 0.372 e. The molecule has 0 saturated carbocycles. The summed E-state index contributed by atoms with van der Waals surface area (Å²) in [7, 11) is 0. The SMILES string of the molecule is Cc1nc(C)c(C(C)Nc2nc3sccn3c2[N+](=O)[O-])s1. The molecule has 110 valence electrons. The van der Waals surface area contributed by atoms with Crippen molar-refractivity contribution in [2.75, 3.05) is 5.32 Å². The van der Waals surface area contributed by atoms with E-state index in [2.05, 4.69) is 15.3 Å². The van der Waals surface area contributed by atoms with Gasteiger partial charge in [0.15, 0.2) is 0 Å². The lowest BCUT2D eigenvalue weighted by Crippen LogP contribution is -2.08. The highest BCUT2D eigenvalue weighted by Crippen LogP contribution is 2.33. The minimum atomic E-state index is -0.410. The molecule has 0 amide bonds. The molecule has 7 nitrogen and oxygen atoms in total. The smallest absolute Gasteiger partial charge is 0.358 e. The predicted molar refractivity (Wildman–Crippen MR) is 83.3 cm³/mol. The van der Waals surface area contributed by atoms with E-state index in [-0.39, 0.29) is 11.9 Å². The molecular formula is C12H13N5O2S2. The van der Waals surface area contributed by atoms with Crippen molar-refractivity contribution in [2.45, 2.75) is 26.8 Å². The highest BCUT2D eigenvalue weighted by Gasteiger charge is 2.25. The van der Waals surface area contributed by atoms with Crippen molar-refractivity contribution in [3.8, 4) is 0 Å². The fraction of sp³-hybridized carbons (Fsp3) is 0.333. The molecule has 9 heteroatoms. The van der Waals surface area contributed by atoms with Crippen molar-refractivity contribution in [2.24, 2.45) is 0 Å². The van der Waals surface area contributed by atoms with Crippen LogP contribution in [0.15, 0.2) is 11.6 Å². The summed E-state index contributed by atoms with van der Waals surface area (Å²) >= 11 is 2.96. The van der Waals surface area contributed by atoms with Crippen LogP contribution in [0.3, 0.4) is 0 Å². The number of rotatable bonds is 4. The van der Waals surface area contributed by atoms with Gasteiger partial charge in [0.1, 0.15) is 6.20 Å². The maximum atomic E-state index is 11.3. The zero-order valence-electron chi connectivity index (χ0n) is 11.7. The summed E-state index contributed by atoms with van der Waals surface area (Å²) < 4.78 is 1.49. The second-order valence-electron chi connectivity index (χ2n) is 4.65. The van der Waals surface area contributed by atoms with E-state index in [4.69, 9.17) is 0 Å². The highest BCUT2D eigenvalue weighted by molar-refractivity contribution is 7.15. The number of nitrogens with one attached hydrogen (secondary N) is 1. The molecule has 1 N–H and O–H groups in total. The first-order valence-electron chi connectivity index (χ1n) is 6.27. The zero-order valence-corrected chi connectivity index (χ0v) is 13.3. The van der Waals surface area contributed by atoms with Gasteiger partial charge in [-0.3, -0.25) is 0 Å². The molecule has 3 aromatic heterocycles. The summed E-state index contributed by atoms with van der Waals surface area (Å²) in [4.78, 5) is 21.2. The molecule has 0 aliphatic rings. The number of nitrogens with zero attached hydrogens (tertiary/aromatic N) is 4. The van der Waals surface area contributed by atoms with E-state index < -0.39 is 4.92 Å². The molecular weight excluding hydrogens is 310 g/mol. The average molecular weight is 323 g/mol. The summed E-state index contributed by atoms with van der Waals surface area (Å²) in [6.45, 7) is 5.84. The number of aromatic nitrogens is 3. The number of anilines is 1. The van der Waals surface area contributed by atoms with Gasteiger partial charge in [0.05, 0.1) is 16.7 Å². The fourth-order valence-electron chi connectivity index (χ4n) is 2.26. The summed E-state index contributed by atoms with van der Waals surface area (Å²) in [5.41, 5.74) is 0.946. The molecule has 0 bridgehead atoms. The van der Waals surface area contributed by atoms with Crippen LogP contribution >= 0.6 is 22.7 Å². The van der Waals surface area contributed by atoms with Crippen LogP contribution in [-0.2, 0) is 0 Å². The number of imidazole rings is 1. The Balaban J connectivity index is 1.97. The second kappa shape index (κ2) is 5.08. The van der Waals surface area contributed by atoms with E-state index in [9.17, 15) is 10.1 Å². The lowest BCUT2D eigenvalue weighted by Gasteiger charge is -2.11. The van der Waals surface area contributed by atoms with E-state index >= 15 is 0 Å². The van der Waals surface area contributed by atoms with Crippen LogP contribution in [0.25, 0.3) is 4.96 Å². The molecule has 0 aliphatic heterocycles. The van der Waals surface area contributed by atoms with Crippen molar-refractivity contribution in [1.82, 2.24) is 14.4 Å². The van der Waals surface area contributed by atoms with Crippen molar-refractivity contribution >= 4 is 39.3 Å². The highest BCUT2D eigenvalue weighted by atomic mass is 32.1. The first kappa shape index (κ1) is 14.0. The second-order valence-corrected chi connectivity index (χ2v) is 6.75. The summed E-state index contributed by atoms with van der Waals surface area (Å²) in [6, 6.07) is -0.0838. The minimum Gasteiger partial charge on any atom is -0.358 e. The number of nitro groups is 1. The first-order chi connectivity index (χ1) is 9.97.